The van der Waals surface area contributed by atoms with Gasteiger partial charge < -0.3 is 10.4 Å². The summed E-state index contributed by atoms with van der Waals surface area (Å²) in [4.78, 5) is 11.8. The van der Waals surface area contributed by atoms with Gasteiger partial charge in [0.25, 0.3) is 0 Å². The Morgan fingerprint density at radius 3 is 2.41 bits per heavy atom. The van der Waals surface area contributed by atoms with Crippen LogP contribution >= 0.6 is 0 Å². The van der Waals surface area contributed by atoms with E-state index in [1.165, 1.54) is 19.3 Å². The lowest BCUT2D eigenvalue weighted by Gasteiger charge is -2.15. The van der Waals surface area contributed by atoms with Gasteiger partial charge >= 0.3 is 0 Å². The first kappa shape index (κ1) is 11.5. The second kappa shape index (κ2) is 3.98. The first-order valence-corrected chi connectivity index (χ1v) is 7.05. The molecule has 17 heavy (non-hydrogen) atoms. The number of hydrogen-bond acceptors (Lipinski definition) is 2. The van der Waals surface area contributed by atoms with E-state index < -0.39 is 6.10 Å². The van der Waals surface area contributed by atoms with Crippen molar-refractivity contribution in [1.82, 2.24) is 5.32 Å². The third kappa shape index (κ3) is 1.88. The Morgan fingerprint density at radius 1 is 1.29 bits per heavy atom. The molecule has 0 saturated heterocycles. The molecule has 3 fully saturated rings. The second-order valence-electron chi connectivity index (χ2n) is 6.60. The summed E-state index contributed by atoms with van der Waals surface area (Å²) in [6.07, 6.45) is 3.95. The molecule has 0 aliphatic heterocycles. The van der Waals surface area contributed by atoms with Gasteiger partial charge in [-0.15, -0.1) is 0 Å². The van der Waals surface area contributed by atoms with E-state index >= 15 is 0 Å². The second-order valence-corrected chi connectivity index (χ2v) is 6.60. The molecule has 3 aliphatic rings. The smallest absolute Gasteiger partial charge is 0.222 e. The molecular formula is C14H23NO2. The maximum atomic E-state index is 11.8. The highest BCUT2D eigenvalue weighted by Crippen LogP contribution is 2.65. The lowest BCUT2D eigenvalue weighted by atomic mass is 10.0. The molecule has 0 spiro atoms. The maximum absolute atomic E-state index is 11.8. The summed E-state index contributed by atoms with van der Waals surface area (Å²) >= 11 is 0. The zero-order valence-electron chi connectivity index (χ0n) is 10.7. The molecule has 3 aliphatic carbocycles. The minimum absolute atomic E-state index is 0.0463. The molecule has 3 rings (SSSR count). The average molecular weight is 237 g/mol. The van der Waals surface area contributed by atoms with Gasteiger partial charge in [-0.05, 0) is 48.9 Å². The molecular weight excluding hydrogens is 214 g/mol. The number of aliphatic hydroxyl groups excluding tert-OH is 1. The van der Waals surface area contributed by atoms with Crippen molar-refractivity contribution < 1.29 is 9.90 Å². The van der Waals surface area contributed by atoms with Crippen LogP contribution in [0.5, 0.6) is 0 Å². The predicted molar refractivity (Wildman–Crippen MR) is 65.2 cm³/mol. The van der Waals surface area contributed by atoms with E-state index in [1.807, 2.05) is 13.8 Å². The summed E-state index contributed by atoms with van der Waals surface area (Å²) in [5, 5.41) is 12.8. The highest BCUT2D eigenvalue weighted by atomic mass is 16.3. The van der Waals surface area contributed by atoms with Gasteiger partial charge in [-0.25, -0.2) is 0 Å². The van der Waals surface area contributed by atoms with Crippen molar-refractivity contribution in [2.75, 3.05) is 0 Å². The van der Waals surface area contributed by atoms with Gasteiger partial charge in [0.15, 0.2) is 0 Å². The Morgan fingerprint density at radius 2 is 1.88 bits per heavy atom. The third-order valence-corrected chi connectivity index (χ3v) is 5.23. The number of carbonyl (C=O) groups excluding carboxylic acids is 1. The molecule has 0 aromatic carbocycles. The van der Waals surface area contributed by atoms with Crippen LogP contribution in [-0.2, 0) is 4.79 Å². The summed E-state index contributed by atoms with van der Waals surface area (Å²) in [5.74, 6) is 3.57. The number of nitrogens with one attached hydrogen (secondary N) is 1. The molecule has 5 unspecified atom stereocenters. The SMILES string of the molecule is CC(C)C(O)CC(=O)NC1C2C3CCC(C3)C12. The maximum Gasteiger partial charge on any atom is 0.222 e. The van der Waals surface area contributed by atoms with E-state index in [-0.39, 0.29) is 18.2 Å². The molecule has 0 aromatic rings. The number of aliphatic hydroxyl groups is 1. The van der Waals surface area contributed by atoms with Crippen LogP contribution in [0.3, 0.4) is 0 Å². The van der Waals surface area contributed by atoms with Crippen LogP contribution in [-0.4, -0.2) is 23.2 Å². The van der Waals surface area contributed by atoms with E-state index in [1.54, 1.807) is 0 Å². The van der Waals surface area contributed by atoms with Gasteiger partial charge in [-0.1, -0.05) is 13.8 Å². The summed E-state index contributed by atoms with van der Waals surface area (Å²) in [7, 11) is 0. The summed E-state index contributed by atoms with van der Waals surface area (Å²) in [6, 6.07) is 0.452. The van der Waals surface area contributed by atoms with Gasteiger partial charge in [-0.3, -0.25) is 4.79 Å². The van der Waals surface area contributed by atoms with Gasteiger partial charge in [-0.2, -0.15) is 0 Å². The van der Waals surface area contributed by atoms with Crippen molar-refractivity contribution in [3.63, 3.8) is 0 Å². The van der Waals surface area contributed by atoms with Crippen molar-refractivity contribution >= 4 is 5.91 Å². The largest absolute Gasteiger partial charge is 0.392 e. The van der Waals surface area contributed by atoms with Gasteiger partial charge in [0.05, 0.1) is 12.5 Å². The first-order valence-electron chi connectivity index (χ1n) is 7.05. The molecule has 0 heterocycles. The van der Waals surface area contributed by atoms with Crippen LogP contribution in [0.15, 0.2) is 0 Å². The molecule has 3 heteroatoms. The zero-order chi connectivity index (χ0) is 12.2. The Hall–Kier alpha value is -0.570. The molecule has 3 saturated carbocycles. The first-order chi connectivity index (χ1) is 8.08. The molecule has 2 N–H and O–H groups in total. The number of amides is 1. The van der Waals surface area contributed by atoms with Gasteiger partial charge in [0.1, 0.15) is 0 Å². The molecule has 96 valence electrons. The minimum atomic E-state index is -0.495. The van der Waals surface area contributed by atoms with Crippen LogP contribution in [0, 0.1) is 29.6 Å². The van der Waals surface area contributed by atoms with Crippen LogP contribution in [0.25, 0.3) is 0 Å². The van der Waals surface area contributed by atoms with Crippen molar-refractivity contribution in [3.8, 4) is 0 Å². The van der Waals surface area contributed by atoms with Crippen LogP contribution in [0.4, 0.5) is 0 Å². The zero-order valence-corrected chi connectivity index (χ0v) is 10.7. The van der Waals surface area contributed by atoms with Crippen LogP contribution in [0.2, 0.25) is 0 Å². The third-order valence-electron chi connectivity index (χ3n) is 5.23. The monoisotopic (exact) mass is 237 g/mol. The predicted octanol–water partition coefficient (Wildman–Crippen LogP) is 1.55. The Labute approximate surface area is 103 Å². The van der Waals surface area contributed by atoms with Crippen molar-refractivity contribution in [3.05, 3.63) is 0 Å². The Kier molecular flexibility index (Phi) is 2.69. The molecule has 5 atom stereocenters. The fraction of sp³-hybridized carbons (Fsp3) is 0.929. The van der Waals surface area contributed by atoms with Crippen molar-refractivity contribution in [1.29, 1.82) is 0 Å². The van der Waals surface area contributed by atoms with Crippen LogP contribution < -0.4 is 5.32 Å². The van der Waals surface area contributed by atoms with Gasteiger partial charge in [0, 0.05) is 6.04 Å². The highest BCUT2D eigenvalue weighted by molar-refractivity contribution is 5.77. The van der Waals surface area contributed by atoms with Crippen molar-refractivity contribution in [2.24, 2.45) is 29.6 Å². The van der Waals surface area contributed by atoms with E-state index in [9.17, 15) is 9.90 Å². The quantitative estimate of drug-likeness (QED) is 0.779. The highest BCUT2D eigenvalue weighted by Gasteiger charge is 2.65. The molecule has 2 bridgehead atoms. The van der Waals surface area contributed by atoms with E-state index in [2.05, 4.69) is 5.32 Å². The van der Waals surface area contributed by atoms with Crippen molar-refractivity contribution in [2.45, 2.75) is 51.7 Å². The van der Waals surface area contributed by atoms with Crippen LogP contribution in [0.1, 0.15) is 39.5 Å². The minimum Gasteiger partial charge on any atom is -0.392 e. The number of rotatable bonds is 4. The standard InChI is InChI=1S/C14H23NO2/c1-7(2)10(16)6-11(17)15-14-12-8-3-4-9(5-8)13(12)14/h7-10,12-14,16H,3-6H2,1-2H3,(H,15,17). The van der Waals surface area contributed by atoms with Gasteiger partial charge in [0.2, 0.25) is 5.91 Å². The molecule has 0 aromatic heterocycles. The average Bonchev–Trinajstić information content (AvgIpc) is 2.70. The number of hydrogen-bond donors (Lipinski definition) is 2. The Bertz CT molecular complexity index is 312. The topological polar surface area (TPSA) is 49.3 Å². The van der Waals surface area contributed by atoms with E-state index in [4.69, 9.17) is 0 Å². The lowest BCUT2D eigenvalue weighted by Crippen LogP contribution is -2.33. The Balaban J connectivity index is 1.48. The molecule has 0 radical (unpaired) electrons. The van der Waals surface area contributed by atoms with E-state index in [0.717, 1.165) is 23.7 Å². The number of fused-ring (bicyclic) bond motifs is 5. The summed E-state index contributed by atoms with van der Waals surface area (Å²) in [5.41, 5.74) is 0. The number of carbonyl (C=O) groups is 1. The normalized spacial score (nSPS) is 43.6. The summed E-state index contributed by atoms with van der Waals surface area (Å²) in [6.45, 7) is 3.90. The van der Waals surface area contributed by atoms with E-state index in [0.29, 0.717) is 6.04 Å². The lowest BCUT2D eigenvalue weighted by molar-refractivity contribution is -0.123. The fourth-order valence-electron chi connectivity index (χ4n) is 4.19. The summed E-state index contributed by atoms with van der Waals surface area (Å²) < 4.78 is 0. The molecule has 3 nitrogen and oxygen atoms in total. The molecule has 1 amide bonds. The fourth-order valence-corrected chi connectivity index (χ4v) is 4.19.